The largest absolute Gasteiger partial charge is 0.307 e. The van der Waals surface area contributed by atoms with Gasteiger partial charge in [0.25, 0.3) is 0 Å². The molecule has 1 nitrogen and oxygen atoms in total. The Hall–Kier alpha value is -1.08. The first-order valence-electron chi connectivity index (χ1n) is 6.12. The summed E-state index contributed by atoms with van der Waals surface area (Å²) < 4.78 is 0. The molecule has 0 fully saturated rings. The fraction of sp³-hybridized carbons (Fsp3) is 0.467. The molecule has 0 aromatic heterocycles. The van der Waals surface area contributed by atoms with E-state index in [0.29, 0.717) is 18.0 Å². The standard InChI is InChI=1S/C15H23N/c1-5-12(3)15(6-2)16-13(4)14-10-8-7-9-11-14/h5,7-13,15-16H,1,6H2,2-4H3/t12-,13-,15?/m1/s1. The molecule has 0 radical (unpaired) electrons. The van der Waals surface area contributed by atoms with Crippen LogP contribution in [-0.2, 0) is 0 Å². The highest BCUT2D eigenvalue weighted by Crippen LogP contribution is 2.16. The molecule has 1 rings (SSSR count). The second-order valence-corrected chi connectivity index (χ2v) is 4.41. The Morgan fingerprint density at radius 3 is 2.38 bits per heavy atom. The van der Waals surface area contributed by atoms with Gasteiger partial charge in [0, 0.05) is 12.1 Å². The molecule has 3 atom stereocenters. The van der Waals surface area contributed by atoms with Gasteiger partial charge in [-0.05, 0) is 24.8 Å². The van der Waals surface area contributed by atoms with Crippen molar-refractivity contribution < 1.29 is 0 Å². The van der Waals surface area contributed by atoms with Crippen molar-refractivity contribution in [1.29, 1.82) is 0 Å². The molecule has 0 aliphatic heterocycles. The van der Waals surface area contributed by atoms with E-state index in [9.17, 15) is 0 Å². The van der Waals surface area contributed by atoms with E-state index in [1.54, 1.807) is 0 Å². The molecule has 0 aliphatic rings. The Morgan fingerprint density at radius 1 is 1.25 bits per heavy atom. The minimum Gasteiger partial charge on any atom is -0.307 e. The van der Waals surface area contributed by atoms with E-state index in [0.717, 1.165) is 6.42 Å². The molecule has 0 spiro atoms. The molecule has 0 saturated heterocycles. The van der Waals surface area contributed by atoms with Crippen molar-refractivity contribution in [1.82, 2.24) is 5.32 Å². The second kappa shape index (κ2) is 6.49. The number of rotatable bonds is 6. The third-order valence-electron chi connectivity index (χ3n) is 3.21. The van der Waals surface area contributed by atoms with Crippen molar-refractivity contribution in [3.8, 4) is 0 Å². The van der Waals surface area contributed by atoms with E-state index in [1.165, 1.54) is 5.56 Å². The quantitative estimate of drug-likeness (QED) is 0.712. The van der Waals surface area contributed by atoms with Crippen molar-refractivity contribution >= 4 is 0 Å². The predicted molar refractivity (Wildman–Crippen MR) is 71.4 cm³/mol. The van der Waals surface area contributed by atoms with E-state index in [2.05, 4.69) is 63.0 Å². The average Bonchev–Trinajstić information content (AvgIpc) is 2.35. The van der Waals surface area contributed by atoms with Gasteiger partial charge in [-0.25, -0.2) is 0 Å². The molecule has 16 heavy (non-hydrogen) atoms. The summed E-state index contributed by atoms with van der Waals surface area (Å²) in [7, 11) is 0. The predicted octanol–water partition coefficient (Wildman–Crippen LogP) is 3.94. The molecular formula is C15H23N. The summed E-state index contributed by atoms with van der Waals surface area (Å²) in [5.41, 5.74) is 1.34. The Balaban J connectivity index is 2.62. The first-order chi connectivity index (χ1) is 7.69. The van der Waals surface area contributed by atoms with Crippen molar-refractivity contribution in [2.45, 2.75) is 39.3 Å². The maximum atomic E-state index is 3.87. The van der Waals surface area contributed by atoms with E-state index in [1.807, 2.05) is 6.08 Å². The molecular weight excluding hydrogens is 194 g/mol. The minimum atomic E-state index is 0.397. The van der Waals surface area contributed by atoms with Crippen LogP contribution in [0.15, 0.2) is 43.0 Å². The molecule has 0 saturated carbocycles. The fourth-order valence-electron chi connectivity index (χ4n) is 1.96. The zero-order chi connectivity index (χ0) is 12.0. The van der Waals surface area contributed by atoms with Gasteiger partial charge in [0.15, 0.2) is 0 Å². The summed E-state index contributed by atoms with van der Waals surface area (Å²) >= 11 is 0. The first-order valence-corrected chi connectivity index (χ1v) is 6.12. The third-order valence-corrected chi connectivity index (χ3v) is 3.21. The van der Waals surface area contributed by atoms with Crippen LogP contribution in [-0.4, -0.2) is 6.04 Å². The second-order valence-electron chi connectivity index (χ2n) is 4.41. The van der Waals surface area contributed by atoms with Crippen LogP contribution in [0.1, 0.15) is 38.8 Å². The Kier molecular flexibility index (Phi) is 5.27. The smallest absolute Gasteiger partial charge is 0.0294 e. The van der Waals surface area contributed by atoms with Crippen molar-refractivity contribution in [2.24, 2.45) is 5.92 Å². The summed E-state index contributed by atoms with van der Waals surface area (Å²) in [6.45, 7) is 10.5. The topological polar surface area (TPSA) is 12.0 Å². The van der Waals surface area contributed by atoms with Crippen LogP contribution in [0, 0.1) is 5.92 Å². The van der Waals surface area contributed by atoms with E-state index in [-0.39, 0.29) is 0 Å². The highest BCUT2D eigenvalue weighted by Gasteiger charge is 2.15. The van der Waals surface area contributed by atoms with Gasteiger partial charge in [-0.1, -0.05) is 50.3 Å². The Bertz CT molecular complexity index is 304. The lowest BCUT2D eigenvalue weighted by Crippen LogP contribution is -2.35. The van der Waals surface area contributed by atoms with E-state index in [4.69, 9.17) is 0 Å². The lowest BCUT2D eigenvalue weighted by Gasteiger charge is -2.26. The summed E-state index contributed by atoms with van der Waals surface area (Å²) in [6, 6.07) is 11.5. The Labute approximate surface area is 99.6 Å². The zero-order valence-corrected chi connectivity index (χ0v) is 10.6. The maximum Gasteiger partial charge on any atom is 0.0294 e. The van der Waals surface area contributed by atoms with Crippen LogP contribution in [0.25, 0.3) is 0 Å². The van der Waals surface area contributed by atoms with Crippen LogP contribution in [0.2, 0.25) is 0 Å². The molecule has 1 aromatic rings. The monoisotopic (exact) mass is 217 g/mol. The summed E-state index contributed by atoms with van der Waals surface area (Å²) in [5.74, 6) is 0.510. The van der Waals surface area contributed by atoms with Gasteiger partial charge < -0.3 is 5.32 Å². The molecule has 0 heterocycles. The molecule has 0 bridgehead atoms. The molecule has 0 amide bonds. The van der Waals surface area contributed by atoms with Gasteiger partial charge >= 0.3 is 0 Å². The average molecular weight is 217 g/mol. The molecule has 0 aliphatic carbocycles. The van der Waals surface area contributed by atoms with E-state index >= 15 is 0 Å². The fourth-order valence-corrected chi connectivity index (χ4v) is 1.96. The minimum absolute atomic E-state index is 0.397. The first kappa shape index (κ1) is 13.0. The molecule has 1 unspecified atom stereocenters. The van der Waals surface area contributed by atoms with Crippen molar-refractivity contribution in [2.75, 3.05) is 0 Å². The number of benzene rings is 1. The van der Waals surface area contributed by atoms with E-state index < -0.39 is 0 Å². The van der Waals surface area contributed by atoms with Gasteiger partial charge in [-0.15, -0.1) is 6.58 Å². The van der Waals surface area contributed by atoms with Crippen molar-refractivity contribution in [3.05, 3.63) is 48.6 Å². The Morgan fingerprint density at radius 2 is 1.88 bits per heavy atom. The lowest BCUT2D eigenvalue weighted by molar-refractivity contribution is 0.379. The van der Waals surface area contributed by atoms with Gasteiger partial charge in [0.1, 0.15) is 0 Å². The van der Waals surface area contributed by atoms with Crippen LogP contribution < -0.4 is 5.32 Å². The van der Waals surface area contributed by atoms with Gasteiger partial charge in [-0.3, -0.25) is 0 Å². The summed E-state index contributed by atoms with van der Waals surface area (Å²) in [4.78, 5) is 0. The van der Waals surface area contributed by atoms with Crippen LogP contribution in [0.3, 0.4) is 0 Å². The van der Waals surface area contributed by atoms with Gasteiger partial charge in [0.05, 0.1) is 0 Å². The van der Waals surface area contributed by atoms with Crippen molar-refractivity contribution in [3.63, 3.8) is 0 Å². The highest BCUT2D eigenvalue weighted by molar-refractivity contribution is 5.18. The molecule has 1 heteroatoms. The summed E-state index contributed by atoms with van der Waals surface area (Å²) in [5, 5.41) is 3.66. The van der Waals surface area contributed by atoms with Crippen LogP contribution >= 0.6 is 0 Å². The highest BCUT2D eigenvalue weighted by atomic mass is 14.9. The summed E-state index contributed by atoms with van der Waals surface area (Å²) in [6.07, 6.45) is 3.16. The van der Waals surface area contributed by atoms with Gasteiger partial charge in [-0.2, -0.15) is 0 Å². The number of nitrogens with one attached hydrogen (secondary N) is 1. The molecule has 1 aromatic carbocycles. The lowest BCUT2D eigenvalue weighted by atomic mass is 9.97. The number of hydrogen-bond donors (Lipinski definition) is 1. The van der Waals surface area contributed by atoms with Crippen LogP contribution in [0.5, 0.6) is 0 Å². The SMILES string of the molecule is C=C[C@@H](C)C(CC)N[C@H](C)c1ccccc1. The normalized spacial score (nSPS) is 16.4. The number of hydrogen-bond acceptors (Lipinski definition) is 1. The maximum absolute atomic E-state index is 3.87. The van der Waals surface area contributed by atoms with Gasteiger partial charge in [0.2, 0.25) is 0 Å². The molecule has 1 N–H and O–H groups in total. The zero-order valence-electron chi connectivity index (χ0n) is 10.6. The third kappa shape index (κ3) is 3.49. The van der Waals surface area contributed by atoms with Crippen LogP contribution in [0.4, 0.5) is 0 Å². The molecule has 88 valence electrons.